The lowest BCUT2D eigenvalue weighted by Gasteiger charge is -2.32. The zero-order chi connectivity index (χ0) is 17.4. The monoisotopic (exact) mass is 341 g/mol. The maximum atomic E-state index is 12.3. The highest BCUT2D eigenvalue weighted by Gasteiger charge is 2.37. The molecule has 2 saturated heterocycles. The van der Waals surface area contributed by atoms with Gasteiger partial charge in [-0.05, 0) is 55.9 Å². The van der Waals surface area contributed by atoms with Crippen molar-refractivity contribution >= 4 is 23.2 Å². The molecule has 1 unspecified atom stereocenters. The van der Waals surface area contributed by atoms with E-state index in [-0.39, 0.29) is 17.7 Å². The Labute approximate surface area is 149 Å². The van der Waals surface area contributed by atoms with Gasteiger partial charge >= 0.3 is 0 Å². The van der Waals surface area contributed by atoms with Gasteiger partial charge in [0.1, 0.15) is 0 Å². The molecule has 1 atom stereocenters. The summed E-state index contributed by atoms with van der Waals surface area (Å²) < 4.78 is 0. The smallest absolute Gasteiger partial charge is 0.227 e. The quantitative estimate of drug-likeness (QED) is 0.916. The average Bonchev–Trinajstić information content (AvgIpc) is 3.35. The fourth-order valence-corrected chi connectivity index (χ4v) is 3.79. The van der Waals surface area contributed by atoms with Crippen LogP contribution in [-0.4, -0.2) is 37.5 Å². The third-order valence-corrected chi connectivity index (χ3v) is 5.73. The molecule has 25 heavy (non-hydrogen) atoms. The van der Waals surface area contributed by atoms with Crippen molar-refractivity contribution in [2.75, 3.05) is 29.4 Å². The van der Waals surface area contributed by atoms with E-state index >= 15 is 0 Å². The molecular formula is C20H27N3O2. The Bertz CT molecular complexity index is 645. The van der Waals surface area contributed by atoms with Crippen molar-refractivity contribution in [3.8, 4) is 0 Å². The number of nitrogens with zero attached hydrogens (tertiary/aromatic N) is 2. The third-order valence-electron chi connectivity index (χ3n) is 5.73. The van der Waals surface area contributed by atoms with Crippen molar-refractivity contribution in [2.45, 2.75) is 45.1 Å². The van der Waals surface area contributed by atoms with Crippen LogP contribution in [0.25, 0.3) is 0 Å². The van der Waals surface area contributed by atoms with Gasteiger partial charge in [-0.15, -0.1) is 0 Å². The second kappa shape index (κ2) is 6.70. The molecule has 0 spiro atoms. The molecule has 2 amide bonds. The zero-order valence-corrected chi connectivity index (χ0v) is 14.9. The average molecular weight is 341 g/mol. The van der Waals surface area contributed by atoms with Gasteiger partial charge in [-0.25, -0.2) is 0 Å². The summed E-state index contributed by atoms with van der Waals surface area (Å²) in [5.41, 5.74) is 2.13. The summed E-state index contributed by atoms with van der Waals surface area (Å²) in [5.74, 6) is 0.695. The minimum atomic E-state index is -0.212. The number of rotatable bonds is 4. The fourth-order valence-electron chi connectivity index (χ4n) is 3.79. The Kier molecular flexibility index (Phi) is 4.40. The standard InChI is InChI=1S/C20H27N3O2/c1-14-8-10-22(11-9-14)17-4-6-18(7-5-17)23-13-15(12-19(23)24)20(25)21-16-2-3-16/h4-7,14-16H,2-3,8-13H2,1H3,(H,21,25). The Hall–Kier alpha value is -2.04. The minimum absolute atomic E-state index is 0.0393. The summed E-state index contributed by atoms with van der Waals surface area (Å²) in [6.45, 7) is 5.02. The van der Waals surface area contributed by atoms with Crippen LogP contribution in [0.15, 0.2) is 24.3 Å². The van der Waals surface area contributed by atoms with Crippen LogP contribution in [0.2, 0.25) is 0 Å². The predicted molar refractivity (Wildman–Crippen MR) is 98.7 cm³/mol. The largest absolute Gasteiger partial charge is 0.372 e. The molecule has 5 nitrogen and oxygen atoms in total. The van der Waals surface area contributed by atoms with Crippen molar-refractivity contribution in [1.29, 1.82) is 0 Å². The second-order valence-electron chi connectivity index (χ2n) is 7.87. The molecule has 0 bridgehead atoms. The van der Waals surface area contributed by atoms with Gasteiger partial charge in [0.2, 0.25) is 11.8 Å². The lowest BCUT2D eigenvalue weighted by molar-refractivity contribution is -0.126. The molecule has 0 aromatic heterocycles. The number of piperidine rings is 1. The molecule has 1 aromatic rings. The highest BCUT2D eigenvalue weighted by Crippen LogP contribution is 2.29. The number of nitrogens with one attached hydrogen (secondary N) is 1. The molecule has 1 saturated carbocycles. The lowest BCUT2D eigenvalue weighted by atomic mass is 9.99. The Morgan fingerprint density at radius 2 is 1.68 bits per heavy atom. The summed E-state index contributed by atoms with van der Waals surface area (Å²) in [4.78, 5) is 28.7. The minimum Gasteiger partial charge on any atom is -0.372 e. The third kappa shape index (κ3) is 3.65. The number of amides is 2. The zero-order valence-electron chi connectivity index (χ0n) is 14.9. The van der Waals surface area contributed by atoms with Crippen LogP contribution in [0.1, 0.15) is 39.0 Å². The van der Waals surface area contributed by atoms with E-state index in [0.29, 0.717) is 19.0 Å². The summed E-state index contributed by atoms with van der Waals surface area (Å²) in [6, 6.07) is 8.61. The molecule has 2 aliphatic heterocycles. The summed E-state index contributed by atoms with van der Waals surface area (Å²) in [6.07, 6.45) is 4.96. The van der Waals surface area contributed by atoms with Gasteiger partial charge in [-0.1, -0.05) is 6.92 Å². The SMILES string of the molecule is CC1CCN(c2ccc(N3CC(C(=O)NC4CC4)CC3=O)cc2)CC1. The van der Waals surface area contributed by atoms with E-state index in [1.807, 2.05) is 12.1 Å². The van der Waals surface area contributed by atoms with E-state index in [2.05, 4.69) is 29.3 Å². The Morgan fingerprint density at radius 3 is 2.32 bits per heavy atom. The molecule has 1 aliphatic carbocycles. The van der Waals surface area contributed by atoms with Crippen LogP contribution in [0, 0.1) is 11.8 Å². The molecule has 134 valence electrons. The van der Waals surface area contributed by atoms with E-state index < -0.39 is 0 Å². The van der Waals surface area contributed by atoms with E-state index in [4.69, 9.17) is 0 Å². The maximum Gasteiger partial charge on any atom is 0.227 e. The van der Waals surface area contributed by atoms with Crippen LogP contribution >= 0.6 is 0 Å². The first-order valence-electron chi connectivity index (χ1n) is 9.56. The van der Waals surface area contributed by atoms with Crippen LogP contribution in [0.5, 0.6) is 0 Å². The van der Waals surface area contributed by atoms with Gasteiger partial charge in [0.05, 0.1) is 5.92 Å². The highest BCUT2D eigenvalue weighted by atomic mass is 16.2. The van der Waals surface area contributed by atoms with Gasteiger partial charge in [0.25, 0.3) is 0 Å². The molecule has 1 aromatic carbocycles. The number of hydrogen-bond donors (Lipinski definition) is 1. The summed E-state index contributed by atoms with van der Waals surface area (Å²) in [7, 11) is 0. The van der Waals surface area contributed by atoms with Crippen molar-refractivity contribution in [3.63, 3.8) is 0 Å². The van der Waals surface area contributed by atoms with Gasteiger partial charge in [-0.3, -0.25) is 9.59 Å². The lowest BCUT2D eigenvalue weighted by Crippen LogP contribution is -2.34. The number of hydrogen-bond acceptors (Lipinski definition) is 3. The van der Waals surface area contributed by atoms with Gasteiger partial charge in [0, 0.05) is 43.5 Å². The first-order chi connectivity index (χ1) is 12.1. The normalized spacial score (nSPS) is 24.7. The van der Waals surface area contributed by atoms with Crippen molar-refractivity contribution in [1.82, 2.24) is 5.32 Å². The van der Waals surface area contributed by atoms with Crippen LogP contribution in [0.3, 0.4) is 0 Å². The second-order valence-corrected chi connectivity index (χ2v) is 7.87. The Balaban J connectivity index is 1.39. The summed E-state index contributed by atoms with van der Waals surface area (Å²) >= 11 is 0. The fraction of sp³-hybridized carbons (Fsp3) is 0.600. The molecule has 3 aliphatic rings. The van der Waals surface area contributed by atoms with Gasteiger partial charge in [0.15, 0.2) is 0 Å². The molecule has 3 fully saturated rings. The molecule has 2 heterocycles. The number of anilines is 2. The van der Waals surface area contributed by atoms with E-state index in [9.17, 15) is 9.59 Å². The van der Waals surface area contributed by atoms with Crippen molar-refractivity contribution < 1.29 is 9.59 Å². The molecule has 0 radical (unpaired) electrons. The van der Waals surface area contributed by atoms with Gasteiger partial charge in [-0.2, -0.15) is 0 Å². The molecular weight excluding hydrogens is 314 g/mol. The first kappa shape index (κ1) is 16.4. The van der Waals surface area contributed by atoms with E-state index in [1.54, 1.807) is 4.90 Å². The van der Waals surface area contributed by atoms with Crippen LogP contribution < -0.4 is 15.1 Å². The first-order valence-corrected chi connectivity index (χ1v) is 9.56. The predicted octanol–water partition coefficient (Wildman–Crippen LogP) is 2.55. The van der Waals surface area contributed by atoms with Crippen LogP contribution in [-0.2, 0) is 9.59 Å². The number of carbonyl (C=O) groups excluding carboxylic acids is 2. The maximum absolute atomic E-state index is 12.3. The molecule has 1 N–H and O–H groups in total. The summed E-state index contributed by atoms with van der Waals surface area (Å²) in [5, 5.41) is 3.02. The number of benzene rings is 1. The van der Waals surface area contributed by atoms with E-state index in [0.717, 1.165) is 37.5 Å². The van der Waals surface area contributed by atoms with Crippen molar-refractivity contribution in [2.24, 2.45) is 11.8 Å². The van der Waals surface area contributed by atoms with Crippen molar-refractivity contribution in [3.05, 3.63) is 24.3 Å². The van der Waals surface area contributed by atoms with Crippen LogP contribution in [0.4, 0.5) is 11.4 Å². The van der Waals surface area contributed by atoms with Gasteiger partial charge < -0.3 is 15.1 Å². The molecule has 5 heteroatoms. The topological polar surface area (TPSA) is 52.6 Å². The highest BCUT2D eigenvalue weighted by molar-refractivity contribution is 6.00. The number of carbonyl (C=O) groups is 2. The molecule has 4 rings (SSSR count). The Morgan fingerprint density at radius 1 is 1.04 bits per heavy atom. The van der Waals surface area contributed by atoms with E-state index in [1.165, 1.54) is 18.5 Å².